The number of benzene rings is 1. The molecule has 0 aliphatic carbocycles. The topological polar surface area (TPSA) is 96.0 Å². The SMILES string of the molecule is C=CCOC(=O)N1CCC(NC(=O)CCCN2C(=O)c3ccccc3C2=O)CC1. The van der Waals surface area contributed by atoms with E-state index in [1.54, 1.807) is 29.2 Å². The van der Waals surface area contributed by atoms with Gasteiger partial charge in [0.15, 0.2) is 0 Å². The predicted molar refractivity (Wildman–Crippen MR) is 105 cm³/mol. The smallest absolute Gasteiger partial charge is 0.410 e. The number of hydrogen-bond donors (Lipinski definition) is 1. The Hall–Kier alpha value is -3.16. The average molecular weight is 399 g/mol. The summed E-state index contributed by atoms with van der Waals surface area (Å²) in [5.41, 5.74) is 0.834. The minimum Gasteiger partial charge on any atom is -0.445 e. The Balaban J connectivity index is 1.37. The van der Waals surface area contributed by atoms with Crippen LogP contribution in [0.1, 0.15) is 46.4 Å². The van der Waals surface area contributed by atoms with Gasteiger partial charge in [-0.05, 0) is 31.4 Å². The van der Waals surface area contributed by atoms with E-state index in [9.17, 15) is 19.2 Å². The van der Waals surface area contributed by atoms with E-state index in [0.717, 1.165) is 0 Å². The summed E-state index contributed by atoms with van der Waals surface area (Å²) in [6.45, 7) is 4.95. The standard InChI is InChI=1S/C21H25N3O5/c1-2-14-29-21(28)23-12-9-15(10-13-23)22-18(25)8-5-11-24-19(26)16-6-3-4-7-17(16)20(24)27/h2-4,6-7,15H,1,5,8-14H2,(H,22,25). The molecule has 0 bridgehead atoms. The van der Waals surface area contributed by atoms with Crippen molar-refractivity contribution in [1.82, 2.24) is 15.1 Å². The molecule has 0 spiro atoms. The highest BCUT2D eigenvalue weighted by molar-refractivity contribution is 6.21. The number of amides is 4. The van der Waals surface area contributed by atoms with Crippen LogP contribution in [0.2, 0.25) is 0 Å². The summed E-state index contributed by atoms with van der Waals surface area (Å²) in [4.78, 5) is 51.4. The van der Waals surface area contributed by atoms with E-state index in [2.05, 4.69) is 11.9 Å². The summed E-state index contributed by atoms with van der Waals surface area (Å²) < 4.78 is 5.01. The van der Waals surface area contributed by atoms with Gasteiger partial charge in [-0.3, -0.25) is 19.3 Å². The van der Waals surface area contributed by atoms with Gasteiger partial charge in [0.05, 0.1) is 11.1 Å². The van der Waals surface area contributed by atoms with Gasteiger partial charge in [-0.2, -0.15) is 0 Å². The van der Waals surface area contributed by atoms with E-state index >= 15 is 0 Å². The molecule has 1 saturated heterocycles. The summed E-state index contributed by atoms with van der Waals surface area (Å²) in [6.07, 6.45) is 3.11. The van der Waals surface area contributed by atoms with Crippen LogP contribution in [0.5, 0.6) is 0 Å². The van der Waals surface area contributed by atoms with Crippen LogP contribution in [-0.4, -0.2) is 65.9 Å². The van der Waals surface area contributed by atoms with Crippen molar-refractivity contribution in [2.45, 2.75) is 31.7 Å². The van der Waals surface area contributed by atoms with Crippen LogP contribution in [0, 0.1) is 0 Å². The van der Waals surface area contributed by atoms with Crippen molar-refractivity contribution < 1.29 is 23.9 Å². The third-order valence-electron chi connectivity index (χ3n) is 5.11. The lowest BCUT2D eigenvalue weighted by molar-refractivity contribution is -0.122. The summed E-state index contributed by atoms with van der Waals surface area (Å²) in [5.74, 6) is -0.724. The number of nitrogens with one attached hydrogen (secondary N) is 1. The van der Waals surface area contributed by atoms with Gasteiger partial charge in [0.25, 0.3) is 11.8 Å². The first-order valence-corrected chi connectivity index (χ1v) is 9.78. The van der Waals surface area contributed by atoms with Crippen molar-refractivity contribution in [3.63, 3.8) is 0 Å². The van der Waals surface area contributed by atoms with Gasteiger partial charge < -0.3 is 15.0 Å². The number of fused-ring (bicyclic) bond motifs is 1. The van der Waals surface area contributed by atoms with Crippen LogP contribution in [0.15, 0.2) is 36.9 Å². The van der Waals surface area contributed by atoms with E-state index in [0.29, 0.717) is 43.5 Å². The molecule has 2 aliphatic heterocycles. The molecule has 1 N–H and O–H groups in total. The van der Waals surface area contributed by atoms with Crippen molar-refractivity contribution in [2.24, 2.45) is 0 Å². The fraction of sp³-hybridized carbons (Fsp3) is 0.429. The van der Waals surface area contributed by atoms with Gasteiger partial charge >= 0.3 is 6.09 Å². The Morgan fingerprint density at radius 3 is 2.34 bits per heavy atom. The fourth-order valence-electron chi connectivity index (χ4n) is 3.57. The second-order valence-electron chi connectivity index (χ2n) is 7.11. The number of piperidine rings is 1. The summed E-state index contributed by atoms with van der Waals surface area (Å²) in [7, 11) is 0. The molecule has 1 fully saturated rings. The second kappa shape index (κ2) is 9.36. The summed E-state index contributed by atoms with van der Waals surface area (Å²) in [6, 6.07) is 6.74. The zero-order valence-corrected chi connectivity index (χ0v) is 16.3. The van der Waals surface area contributed by atoms with Crippen molar-refractivity contribution in [3.05, 3.63) is 48.0 Å². The van der Waals surface area contributed by atoms with Gasteiger partial charge in [0.2, 0.25) is 5.91 Å². The molecule has 8 heteroatoms. The molecular formula is C21H25N3O5. The van der Waals surface area contributed by atoms with Gasteiger partial charge in [-0.25, -0.2) is 4.79 Å². The Morgan fingerprint density at radius 1 is 1.14 bits per heavy atom. The molecule has 0 aromatic heterocycles. The second-order valence-corrected chi connectivity index (χ2v) is 7.11. The number of likely N-dealkylation sites (tertiary alicyclic amines) is 1. The molecule has 1 aromatic carbocycles. The van der Waals surface area contributed by atoms with Crippen molar-refractivity contribution >= 4 is 23.8 Å². The third-order valence-corrected chi connectivity index (χ3v) is 5.11. The van der Waals surface area contributed by atoms with Gasteiger partial charge in [-0.15, -0.1) is 0 Å². The van der Waals surface area contributed by atoms with Crippen LogP contribution in [-0.2, 0) is 9.53 Å². The number of ether oxygens (including phenoxy) is 1. The number of nitrogens with zero attached hydrogens (tertiary/aromatic N) is 2. The minimum atomic E-state index is -0.365. The normalized spacial score (nSPS) is 16.6. The zero-order chi connectivity index (χ0) is 20.8. The Bertz CT molecular complexity index is 779. The molecule has 4 amide bonds. The molecule has 3 rings (SSSR count). The molecule has 8 nitrogen and oxygen atoms in total. The summed E-state index contributed by atoms with van der Waals surface area (Å²) in [5, 5.41) is 2.96. The van der Waals surface area contributed by atoms with E-state index in [-0.39, 0.29) is 49.4 Å². The molecule has 0 unspecified atom stereocenters. The van der Waals surface area contributed by atoms with Crippen molar-refractivity contribution in [3.8, 4) is 0 Å². The Labute approximate surface area is 169 Å². The first kappa shape index (κ1) is 20.6. The largest absolute Gasteiger partial charge is 0.445 e. The zero-order valence-electron chi connectivity index (χ0n) is 16.3. The van der Waals surface area contributed by atoms with Gasteiger partial charge in [-0.1, -0.05) is 24.8 Å². The van der Waals surface area contributed by atoms with Crippen molar-refractivity contribution in [2.75, 3.05) is 26.2 Å². The lowest BCUT2D eigenvalue weighted by Crippen LogP contribution is -2.46. The lowest BCUT2D eigenvalue weighted by atomic mass is 10.1. The molecule has 154 valence electrons. The number of rotatable bonds is 7. The third kappa shape index (κ3) is 4.82. The Kier molecular flexibility index (Phi) is 6.64. The highest BCUT2D eigenvalue weighted by Gasteiger charge is 2.34. The number of hydrogen-bond acceptors (Lipinski definition) is 5. The van der Waals surface area contributed by atoms with Crippen LogP contribution < -0.4 is 5.32 Å². The maximum Gasteiger partial charge on any atom is 0.410 e. The van der Waals surface area contributed by atoms with E-state index in [4.69, 9.17) is 4.74 Å². The molecule has 2 heterocycles. The molecule has 2 aliphatic rings. The van der Waals surface area contributed by atoms with Crippen LogP contribution in [0.4, 0.5) is 4.79 Å². The highest BCUT2D eigenvalue weighted by Crippen LogP contribution is 2.22. The lowest BCUT2D eigenvalue weighted by Gasteiger charge is -2.31. The maximum absolute atomic E-state index is 12.3. The van der Waals surface area contributed by atoms with E-state index in [1.165, 1.54) is 11.0 Å². The number of carbonyl (C=O) groups excluding carboxylic acids is 4. The number of imide groups is 1. The van der Waals surface area contributed by atoms with Crippen LogP contribution in [0.3, 0.4) is 0 Å². The van der Waals surface area contributed by atoms with Gasteiger partial charge in [0, 0.05) is 32.1 Å². The molecule has 0 saturated carbocycles. The Morgan fingerprint density at radius 2 is 1.76 bits per heavy atom. The minimum absolute atomic E-state index is 0.00487. The maximum atomic E-state index is 12.3. The fourth-order valence-corrected chi connectivity index (χ4v) is 3.57. The molecule has 1 aromatic rings. The number of carbonyl (C=O) groups is 4. The predicted octanol–water partition coefficient (Wildman–Crippen LogP) is 1.97. The molecule has 0 atom stereocenters. The molecule has 29 heavy (non-hydrogen) atoms. The quantitative estimate of drug-likeness (QED) is 0.559. The van der Waals surface area contributed by atoms with Gasteiger partial charge in [0.1, 0.15) is 6.61 Å². The first-order chi connectivity index (χ1) is 14.0. The molecule has 0 radical (unpaired) electrons. The molecular weight excluding hydrogens is 374 g/mol. The summed E-state index contributed by atoms with van der Waals surface area (Å²) >= 11 is 0. The average Bonchev–Trinajstić information content (AvgIpc) is 2.97. The first-order valence-electron chi connectivity index (χ1n) is 9.78. The highest BCUT2D eigenvalue weighted by atomic mass is 16.6. The van der Waals surface area contributed by atoms with Crippen molar-refractivity contribution in [1.29, 1.82) is 0 Å². The van der Waals surface area contributed by atoms with E-state index in [1.807, 2.05) is 0 Å². The van der Waals surface area contributed by atoms with E-state index < -0.39 is 0 Å². The van der Waals surface area contributed by atoms with Crippen LogP contribution in [0.25, 0.3) is 0 Å². The monoisotopic (exact) mass is 399 g/mol. The van der Waals surface area contributed by atoms with Crippen LogP contribution >= 0.6 is 0 Å².